The summed E-state index contributed by atoms with van der Waals surface area (Å²) in [5.74, 6) is 0.737. The number of hydrogen-bond donors (Lipinski definition) is 3. The van der Waals surface area contributed by atoms with Crippen molar-refractivity contribution in [1.82, 2.24) is 20.4 Å². The van der Waals surface area contributed by atoms with Crippen LogP contribution in [-0.4, -0.2) is 28.7 Å². The number of aliphatic imine (C=N–C) groups is 1. The summed E-state index contributed by atoms with van der Waals surface area (Å²) in [4.78, 5) is 16.5. The number of carbonyl (C=O) groups is 1. The Morgan fingerprint density at radius 1 is 1.06 bits per heavy atom. The maximum Gasteiger partial charge on any atom is 0.227 e. The number of para-hydroxylation sites is 1. The first kappa shape index (κ1) is 24.0. The first-order valence-electron chi connectivity index (χ1n) is 11.4. The summed E-state index contributed by atoms with van der Waals surface area (Å²) in [5.41, 5.74) is 6.14. The van der Waals surface area contributed by atoms with Crippen LogP contribution in [0.4, 0.5) is 5.69 Å². The fraction of sp³-hybridized carbons (Fsp3) is 0.346. The largest absolute Gasteiger partial charge is 0.352 e. The summed E-state index contributed by atoms with van der Waals surface area (Å²) >= 11 is 0. The lowest BCUT2D eigenvalue weighted by molar-refractivity contribution is -0.119. The van der Waals surface area contributed by atoms with Gasteiger partial charge in [-0.3, -0.25) is 9.79 Å². The molecule has 1 amide bonds. The first-order valence-corrected chi connectivity index (χ1v) is 11.4. The van der Waals surface area contributed by atoms with E-state index in [1.807, 2.05) is 61.9 Å². The van der Waals surface area contributed by atoms with Gasteiger partial charge in [0, 0.05) is 37.4 Å². The lowest BCUT2D eigenvalue weighted by Gasteiger charge is -2.15. The van der Waals surface area contributed by atoms with Crippen LogP contribution >= 0.6 is 0 Å². The van der Waals surface area contributed by atoms with Gasteiger partial charge in [-0.15, -0.1) is 0 Å². The third kappa shape index (κ3) is 6.44. The number of nitrogens with one attached hydrogen (secondary N) is 3. The summed E-state index contributed by atoms with van der Waals surface area (Å²) in [6.07, 6.45) is 0.817. The standard InChI is InChI=1S/C26H34N6O/c1-6-18(2)25(33)30-23-12-9-10-21(15-23)16-28-26(27-5)29-17-22-11-7-8-13-24(22)32-20(4)14-19(3)31-32/h7-15,18H,6,16-17H2,1-5H3,(H,30,33)(H2,27,28,29). The number of nitrogens with zero attached hydrogens (tertiary/aromatic N) is 3. The van der Waals surface area contributed by atoms with Gasteiger partial charge in [-0.2, -0.15) is 5.10 Å². The molecule has 0 aliphatic rings. The lowest BCUT2D eigenvalue weighted by atomic mass is 10.1. The fourth-order valence-corrected chi connectivity index (χ4v) is 3.53. The Balaban J connectivity index is 1.61. The van der Waals surface area contributed by atoms with Crippen molar-refractivity contribution in [3.05, 3.63) is 77.1 Å². The molecule has 0 bridgehead atoms. The number of aromatic nitrogens is 2. The van der Waals surface area contributed by atoms with Crippen molar-refractivity contribution < 1.29 is 4.79 Å². The highest BCUT2D eigenvalue weighted by molar-refractivity contribution is 5.92. The van der Waals surface area contributed by atoms with Crippen LogP contribution in [0.15, 0.2) is 59.6 Å². The molecule has 0 radical (unpaired) electrons. The number of benzene rings is 2. The Kier molecular flexibility index (Phi) is 8.24. The smallest absolute Gasteiger partial charge is 0.227 e. The molecular formula is C26H34N6O. The van der Waals surface area contributed by atoms with Gasteiger partial charge in [0.05, 0.1) is 11.4 Å². The predicted octanol–water partition coefficient (Wildman–Crippen LogP) is 4.34. The van der Waals surface area contributed by atoms with Crippen molar-refractivity contribution in [2.45, 2.75) is 47.2 Å². The zero-order valence-electron chi connectivity index (χ0n) is 20.1. The zero-order chi connectivity index (χ0) is 23.8. The van der Waals surface area contributed by atoms with E-state index in [0.29, 0.717) is 19.0 Å². The van der Waals surface area contributed by atoms with E-state index in [4.69, 9.17) is 0 Å². The minimum Gasteiger partial charge on any atom is -0.352 e. The van der Waals surface area contributed by atoms with Gasteiger partial charge in [-0.25, -0.2) is 4.68 Å². The number of guanidine groups is 1. The molecule has 3 rings (SSSR count). The van der Waals surface area contributed by atoms with E-state index in [0.717, 1.165) is 40.3 Å². The van der Waals surface area contributed by atoms with E-state index in [-0.39, 0.29) is 11.8 Å². The molecule has 0 fully saturated rings. The second-order valence-corrected chi connectivity index (χ2v) is 8.25. The molecule has 7 heteroatoms. The molecule has 1 atom stereocenters. The normalized spacial score (nSPS) is 12.3. The maximum absolute atomic E-state index is 12.2. The Hall–Kier alpha value is -3.61. The average molecular weight is 447 g/mol. The molecule has 1 heterocycles. The van der Waals surface area contributed by atoms with E-state index >= 15 is 0 Å². The summed E-state index contributed by atoms with van der Waals surface area (Å²) in [5, 5.41) is 14.3. The molecule has 1 aromatic heterocycles. The average Bonchev–Trinajstić information content (AvgIpc) is 3.16. The number of amides is 1. The summed E-state index contributed by atoms with van der Waals surface area (Å²) in [7, 11) is 1.75. The highest BCUT2D eigenvalue weighted by atomic mass is 16.1. The Bertz CT molecular complexity index is 1120. The van der Waals surface area contributed by atoms with Crippen LogP contribution < -0.4 is 16.0 Å². The van der Waals surface area contributed by atoms with E-state index in [1.54, 1.807) is 7.05 Å². The van der Waals surface area contributed by atoms with E-state index < -0.39 is 0 Å². The predicted molar refractivity (Wildman–Crippen MR) is 135 cm³/mol. The van der Waals surface area contributed by atoms with Crippen molar-refractivity contribution in [3.8, 4) is 5.69 Å². The van der Waals surface area contributed by atoms with Gasteiger partial charge in [-0.05, 0) is 55.7 Å². The lowest BCUT2D eigenvalue weighted by Crippen LogP contribution is -2.36. The Labute approximate surface area is 196 Å². The van der Waals surface area contributed by atoms with Crippen molar-refractivity contribution >= 4 is 17.6 Å². The van der Waals surface area contributed by atoms with Gasteiger partial charge >= 0.3 is 0 Å². The molecule has 33 heavy (non-hydrogen) atoms. The van der Waals surface area contributed by atoms with Crippen LogP contribution in [0.1, 0.15) is 42.8 Å². The van der Waals surface area contributed by atoms with Crippen LogP contribution in [0.2, 0.25) is 0 Å². The molecule has 1 unspecified atom stereocenters. The molecule has 3 aromatic rings. The summed E-state index contributed by atoms with van der Waals surface area (Å²) in [6.45, 7) is 9.21. The molecule has 0 aliphatic carbocycles. The fourth-order valence-electron chi connectivity index (χ4n) is 3.53. The SMILES string of the molecule is CCC(C)C(=O)Nc1cccc(CNC(=NC)NCc2ccccc2-n2nc(C)cc2C)c1. The van der Waals surface area contributed by atoms with Crippen molar-refractivity contribution in [3.63, 3.8) is 0 Å². The molecule has 0 saturated carbocycles. The number of anilines is 1. The van der Waals surface area contributed by atoms with E-state index in [2.05, 4.69) is 51.2 Å². The van der Waals surface area contributed by atoms with Gasteiger partial charge in [0.15, 0.2) is 5.96 Å². The molecule has 2 aromatic carbocycles. The molecule has 0 aliphatic heterocycles. The quantitative estimate of drug-likeness (QED) is 0.355. The third-order valence-electron chi connectivity index (χ3n) is 5.61. The number of hydrogen-bond acceptors (Lipinski definition) is 3. The van der Waals surface area contributed by atoms with Gasteiger partial charge in [0.2, 0.25) is 5.91 Å². The highest BCUT2D eigenvalue weighted by Crippen LogP contribution is 2.17. The summed E-state index contributed by atoms with van der Waals surface area (Å²) in [6, 6.07) is 18.2. The topological polar surface area (TPSA) is 83.3 Å². The van der Waals surface area contributed by atoms with Crippen molar-refractivity contribution in [1.29, 1.82) is 0 Å². The van der Waals surface area contributed by atoms with Crippen molar-refractivity contribution in [2.75, 3.05) is 12.4 Å². The van der Waals surface area contributed by atoms with Crippen LogP contribution in [0.3, 0.4) is 0 Å². The monoisotopic (exact) mass is 446 g/mol. The number of carbonyl (C=O) groups excluding carboxylic acids is 1. The summed E-state index contributed by atoms with van der Waals surface area (Å²) < 4.78 is 1.97. The van der Waals surface area contributed by atoms with Gasteiger partial charge < -0.3 is 16.0 Å². The van der Waals surface area contributed by atoms with E-state index in [9.17, 15) is 4.79 Å². The molecule has 0 saturated heterocycles. The van der Waals surface area contributed by atoms with Crippen LogP contribution in [0.5, 0.6) is 0 Å². The Morgan fingerprint density at radius 2 is 1.82 bits per heavy atom. The van der Waals surface area contributed by atoms with Crippen LogP contribution in [-0.2, 0) is 17.9 Å². The minimum atomic E-state index is -0.00729. The minimum absolute atomic E-state index is 0.00729. The van der Waals surface area contributed by atoms with Crippen molar-refractivity contribution in [2.24, 2.45) is 10.9 Å². The zero-order valence-corrected chi connectivity index (χ0v) is 20.1. The molecule has 7 nitrogen and oxygen atoms in total. The molecule has 3 N–H and O–H groups in total. The van der Waals surface area contributed by atoms with E-state index in [1.165, 1.54) is 0 Å². The van der Waals surface area contributed by atoms with Crippen LogP contribution in [0, 0.1) is 19.8 Å². The Morgan fingerprint density at radius 3 is 2.52 bits per heavy atom. The van der Waals surface area contributed by atoms with Gasteiger partial charge in [0.1, 0.15) is 0 Å². The second kappa shape index (κ2) is 11.3. The van der Waals surface area contributed by atoms with Gasteiger partial charge in [-0.1, -0.05) is 44.2 Å². The molecule has 0 spiro atoms. The maximum atomic E-state index is 12.2. The van der Waals surface area contributed by atoms with Gasteiger partial charge in [0.25, 0.3) is 0 Å². The third-order valence-corrected chi connectivity index (χ3v) is 5.61. The van der Waals surface area contributed by atoms with Crippen LogP contribution in [0.25, 0.3) is 5.69 Å². The second-order valence-electron chi connectivity index (χ2n) is 8.25. The molecular weight excluding hydrogens is 412 g/mol. The number of rotatable bonds is 8. The number of aryl methyl sites for hydroxylation is 2. The highest BCUT2D eigenvalue weighted by Gasteiger charge is 2.11. The molecule has 174 valence electrons. The first-order chi connectivity index (χ1) is 15.9.